The van der Waals surface area contributed by atoms with Crippen molar-refractivity contribution in [3.05, 3.63) is 24.0 Å². The van der Waals surface area contributed by atoms with Crippen LogP contribution in [0.25, 0.3) is 11.0 Å². The van der Waals surface area contributed by atoms with Crippen LogP contribution in [0, 0.1) is 11.7 Å². The number of nitrogen functional groups attached to an aromatic ring is 1. The zero-order valence-electron chi connectivity index (χ0n) is 10.1. The number of ether oxygens (including phenoxy) is 1. The maximum Gasteiger partial charge on any atom is 0.201 e. The fourth-order valence-electron chi connectivity index (χ4n) is 2.04. The summed E-state index contributed by atoms with van der Waals surface area (Å²) in [5.41, 5.74) is 7.27. The van der Waals surface area contributed by atoms with Gasteiger partial charge in [0.1, 0.15) is 5.82 Å². The number of nitrogens with two attached hydrogens (primary N) is 1. The average molecular weight is 249 g/mol. The molecule has 0 saturated heterocycles. The van der Waals surface area contributed by atoms with Crippen molar-refractivity contribution in [1.82, 2.24) is 9.55 Å². The Bertz CT molecular complexity index is 563. The lowest BCUT2D eigenvalue weighted by Crippen LogP contribution is -2.10. The molecule has 5 heteroatoms. The fraction of sp³-hybridized carbons (Fsp3) is 0.462. The van der Waals surface area contributed by atoms with Crippen molar-refractivity contribution in [2.75, 3.05) is 18.9 Å². The van der Waals surface area contributed by atoms with Gasteiger partial charge in [0.15, 0.2) is 0 Å². The molecule has 0 spiro atoms. The van der Waals surface area contributed by atoms with Gasteiger partial charge in [0.2, 0.25) is 5.95 Å². The highest BCUT2D eigenvalue weighted by molar-refractivity contribution is 5.78. The van der Waals surface area contributed by atoms with Crippen LogP contribution in [-0.2, 0) is 11.3 Å². The first kappa shape index (κ1) is 11.5. The third kappa shape index (κ3) is 2.31. The van der Waals surface area contributed by atoms with Crippen molar-refractivity contribution in [1.29, 1.82) is 0 Å². The first-order valence-electron chi connectivity index (χ1n) is 6.23. The number of fused-ring (bicyclic) bond motifs is 1. The molecule has 0 aliphatic heterocycles. The zero-order valence-corrected chi connectivity index (χ0v) is 10.1. The second-order valence-corrected chi connectivity index (χ2v) is 4.77. The normalized spacial score (nSPS) is 15.4. The highest BCUT2D eigenvalue weighted by atomic mass is 19.1. The van der Waals surface area contributed by atoms with E-state index >= 15 is 0 Å². The number of aromatic nitrogens is 2. The Morgan fingerprint density at radius 3 is 3.06 bits per heavy atom. The summed E-state index contributed by atoms with van der Waals surface area (Å²) in [6.45, 7) is 2.02. The molecule has 1 aliphatic carbocycles. The molecular formula is C13H16FN3O. The monoisotopic (exact) mass is 249 g/mol. The molecule has 0 atom stereocenters. The van der Waals surface area contributed by atoms with Gasteiger partial charge in [-0.3, -0.25) is 0 Å². The van der Waals surface area contributed by atoms with Crippen LogP contribution in [0.4, 0.5) is 10.3 Å². The summed E-state index contributed by atoms with van der Waals surface area (Å²) < 4.78 is 20.6. The molecule has 2 N–H and O–H groups in total. The third-order valence-electron chi connectivity index (χ3n) is 3.25. The second kappa shape index (κ2) is 4.57. The van der Waals surface area contributed by atoms with E-state index < -0.39 is 0 Å². The summed E-state index contributed by atoms with van der Waals surface area (Å²) >= 11 is 0. The quantitative estimate of drug-likeness (QED) is 0.826. The zero-order chi connectivity index (χ0) is 12.5. The van der Waals surface area contributed by atoms with Crippen LogP contribution in [0.1, 0.15) is 12.8 Å². The van der Waals surface area contributed by atoms with Gasteiger partial charge in [-0.1, -0.05) is 0 Å². The van der Waals surface area contributed by atoms with Gasteiger partial charge in [-0.15, -0.1) is 0 Å². The van der Waals surface area contributed by atoms with Gasteiger partial charge in [0.05, 0.1) is 17.6 Å². The predicted molar refractivity (Wildman–Crippen MR) is 67.6 cm³/mol. The summed E-state index contributed by atoms with van der Waals surface area (Å²) in [5.74, 6) is 0.882. The number of imidazole rings is 1. The van der Waals surface area contributed by atoms with Crippen LogP contribution in [0.2, 0.25) is 0 Å². The second-order valence-electron chi connectivity index (χ2n) is 4.77. The maximum absolute atomic E-state index is 13.2. The third-order valence-corrected chi connectivity index (χ3v) is 3.25. The van der Waals surface area contributed by atoms with E-state index in [1.807, 2.05) is 0 Å². The molecule has 0 unspecified atom stereocenters. The highest BCUT2D eigenvalue weighted by Gasteiger charge is 2.21. The molecule has 3 rings (SSSR count). The number of benzene rings is 1. The molecule has 0 amide bonds. The van der Waals surface area contributed by atoms with Crippen molar-refractivity contribution >= 4 is 17.0 Å². The molecule has 2 aromatic rings. The number of nitrogens with zero attached hydrogens (tertiary/aromatic N) is 2. The van der Waals surface area contributed by atoms with Crippen molar-refractivity contribution in [3.63, 3.8) is 0 Å². The van der Waals surface area contributed by atoms with Gasteiger partial charge in [0.25, 0.3) is 0 Å². The van der Waals surface area contributed by atoms with E-state index in [9.17, 15) is 4.39 Å². The largest absolute Gasteiger partial charge is 0.379 e. The number of rotatable bonds is 5. The minimum Gasteiger partial charge on any atom is -0.379 e. The van der Waals surface area contributed by atoms with E-state index in [2.05, 4.69) is 4.98 Å². The van der Waals surface area contributed by atoms with Crippen LogP contribution in [0.15, 0.2) is 18.2 Å². The molecule has 4 nitrogen and oxygen atoms in total. The minimum atomic E-state index is -0.275. The Kier molecular flexibility index (Phi) is 2.91. The van der Waals surface area contributed by atoms with Crippen LogP contribution >= 0.6 is 0 Å². The first-order chi connectivity index (χ1) is 8.74. The number of halogens is 1. The summed E-state index contributed by atoms with van der Waals surface area (Å²) in [6.07, 6.45) is 2.56. The fourth-order valence-corrected chi connectivity index (χ4v) is 2.04. The molecule has 0 bridgehead atoms. The van der Waals surface area contributed by atoms with Gasteiger partial charge in [-0.25, -0.2) is 9.37 Å². The van der Waals surface area contributed by atoms with Gasteiger partial charge < -0.3 is 15.0 Å². The van der Waals surface area contributed by atoms with Gasteiger partial charge >= 0.3 is 0 Å². The van der Waals surface area contributed by atoms with Crippen LogP contribution in [0.3, 0.4) is 0 Å². The van der Waals surface area contributed by atoms with Crippen molar-refractivity contribution < 1.29 is 9.13 Å². The molecule has 1 aliphatic rings. The standard InChI is InChI=1S/C13H16FN3O/c14-10-3-4-11-12(7-10)17(13(15)16-11)5-6-18-8-9-1-2-9/h3-4,7,9H,1-2,5-6,8H2,(H2,15,16). The maximum atomic E-state index is 13.2. The summed E-state index contributed by atoms with van der Waals surface area (Å²) in [4.78, 5) is 4.20. The SMILES string of the molecule is Nc1nc2ccc(F)cc2n1CCOCC1CC1. The lowest BCUT2D eigenvalue weighted by atomic mass is 10.3. The molecule has 1 aromatic carbocycles. The van der Waals surface area contributed by atoms with E-state index in [1.54, 1.807) is 10.6 Å². The Balaban J connectivity index is 1.72. The molecule has 1 fully saturated rings. The molecule has 96 valence electrons. The van der Waals surface area contributed by atoms with Gasteiger partial charge in [-0.05, 0) is 37.0 Å². The Morgan fingerprint density at radius 2 is 2.28 bits per heavy atom. The van der Waals surface area contributed by atoms with E-state index in [4.69, 9.17) is 10.5 Å². The van der Waals surface area contributed by atoms with Crippen LogP contribution in [-0.4, -0.2) is 22.8 Å². The highest BCUT2D eigenvalue weighted by Crippen LogP contribution is 2.28. The van der Waals surface area contributed by atoms with E-state index in [0.717, 1.165) is 23.6 Å². The van der Waals surface area contributed by atoms with Gasteiger partial charge in [-0.2, -0.15) is 0 Å². The lowest BCUT2D eigenvalue weighted by Gasteiger charge is -2.07. The summed E-state index contributed by atoms with van der Waals surface area (Å²) in [6, 6.07) is 4.49. The Labute approximate surface area is 105 Å². The number of hydrogen-bond donors (Lipinski definition) is 1. The van der Waals surface area contributed by atoms with E-state index in [0.29, 0.717) is 19.1 Å². The van der Waals surface area contributed by atoms with Crippen molar-refractivity contribution in [3.8, 4) is 0 Å². The van der Waals surface area contributed by atoms with Crippen LogP contribution < -0.4 is 5.73 Å². The summed E-state index contributed by atoms with van der Waals surface area (Å²) in [7, 11) is 0. The van der Waals surface area contributed by atoms with Crippen molar-refractivity contribution in [2.24, 2.45) is 5.92 Å². The summed E-state index contributed by atoms with van der Waals surface area (Å²) in [5, 5.41) is 0. The number of anilines is 1. The van der Waals surface area contributed by atoms with Crippen molar-refractivity contribution in [2.45, 2.75) is 19.4 Å². The lowest BCUT2D eigenvalue weighted by molar-refractivity contribution is 0.118. The number of hydrogen-bond acceptors (Lipinski definition) is 3. The minimum absolute atomic E-state index is 0.275. The molecule has 18 heavy (non-hydrogen) atoms. The Hall–Kier alpha value is -1.62. The van der Waals surface area contributed by atoms with E-state index in [-0.39, 0.29) is 5.82 Å². The average Bonchev–Trinajstić information content (AvgIpc) is 3.11. The molecule has 1 aromatic heterocycles. The topological polar surface area (TPSA) is 53.1 Å². The molecular weight excluding hydrogens is 233 g/mol. The predicted octanol–water partition coefficient (Wildman–Crippen LogP) is 2.18. The molecule has 1 heterocycles. The van der Waals surface area contributed by atoms with E-state index in [1.165, 1.54) is 25.0 Å². The molecule has 0 radical (unpaired) electrons. The first-order valence-corrected chi connectivity index (χ1v) is 6.23. The molecule has 1 saturated carbocycles. The van der Waals surface area contributed by atoms with Gasteiger partial charge in [0, 0.05) is 13.2 Å². The Morgan fingerprint density at radius 1 is 1.44 bits per heavy atom. The van der Waals surface area contributed by atoms with Crippen LogP contribution in [0.5, 0.6) is 0 Å². The smallest absolute Gasteiger partial charge is 0.201 e.